The Labute approximate surface area is 157 Å². The predicted molar refractivity (Wildman–Crippen MR) is 105 cm³/mol. The summed E-state index contributed by atoms with van der Waals surface area (Å²) < 4.78 is 17.9. The summed E-state index contributed by atoms with van der Waals surface area (Å²) in [6.45, 7) is 13.1. The minimum Gasteiger partial charge on any atom is -0.473 e. The summed E-state index contributed by atoms with van der Waals surface area (Å²) in [4.78, 5) is 4.40. The summed E-state index contributed by atoms with van der Waals surface area (Å²) in [5, 5.41) is 0. The molecule has 1 aromatic heterocycles. The van der Waals surface area contributed by atoms with E-state index in [1.54, 1.807) is 6.20 Å². The Hall–Kier alpha value is -1.85. The van der Waals surface area contributed by atoms with E-state index < -0.39 is 7.12 Å². The van der Waals surface area contributed by atoms with Crippen molar-refractivity contribution in [3.05, 3.63) is 53.7 Å². The first-order chi connectivity index (χ1) is 12.2. The third-order valence-electron chi connectivity index (χ3n) is 5.32. The molecule has 0 bridgehead atoms. The molecule has 1 fully saturated rings. The highest BCUT2D eigenvalue weighted by Crippen LogP contribution is 2.36. The van der Waals surface area contributed by atoms with Gasteiger partial charge in [0.2, 0.25) is 5.88 Å². The van der Waals surface area contributed by atoms with Crippen LogP contribution in [0.3, 0.4) is 0 Å². The first-order valence-corrected chi connectivity index (χ1v) is 9.21. The second-order valence-electron chi connectivity index (χ2n) is 8.20. The summed E-state index contributed by atoms with van der Waals surface area (Å²) in [5.74, 6) is 1.13. The van der Waals surface area contributed by atoms with Crippen LogP contribution in [-0.2, 0) is 15.9 Å². The lowest BCUT2D eigenvalue weighted by atomic mass is 9.80. The van der Waals surface area contributed by atoms with Gasteiger partial charge in [0.1, 0.15) is 6.61 Å². The van der Waals surface area contributed by atoms with E-state index in [1.807, 2.05) is 39.8 Å². The molecular weight excluding hydrogens is 325 g/mol. The van der Waals surface area contributed by atoms with Crippen LogP contribution in [0.2, 0.25) is 0 Å². The molecule has 0 aliphatic carbocycles. The van der Waals surface area contributed by atoms with Gasteiger partial charge in [0, 0.05) is 11.7 Å². The summed E-state index contributed by atoms with van der Waals surface area (Å²) >= 11 is 0. The summed E-state index contributed by atoms with van der Waals surface area (Å²) in [5.41, 5.74) is 2.66. The third kappa shape index (κ3) is 3.94. The lowest BCUT2D eigenvalue weighted by Crippen LogP contribution is -2.41. The second kappa shape index (κ2) is 7.05. The molecule has 0 radical (unpaired) electrons. The van der Waals surface area contributed by atoms with Gasteiger partial charge in [-0.05, 0) is 50.8 Å². The Morgan fingerprint density at radius 2 is 1.58 bits per heavy atom. The van der Waals surface area contributed by atoms with E-state index in [0.29, 0.717) is 18.4 Å². The first kappa shape index (κ1) is 18.9. The van der Waals surface area contributed by atoms with Gasteiger partial charge < -0.3 is 14.0 Å². The van der Waals surface area contributed by atoms with Crippen molar-refractivity contribution in [3.8, 4) is 5.88 Å². The molecule has 4 nitrogen and oxygen atoms in total. The smallest absolute Gasteiger partial charge is 0.473 e. The molecule has 3 rings (SSSR count). The van der Waals surface area contributed by atoms with Crippen molar-refractivity contribution in [1.29, 1.82) is 0 Å². The van der Waals surface area contributed by atoms with Crippen molar-refractivity contribution < 1.29 is 14.0 Å². The molecule has 1 aliphatic rings. The number of rotatable bonds is 5. The summed E-state index contributed by atoms with van der Waals surface area (Å²) in [6, 6.07) is 12.3. The Bertz CT molecular complexity index is 723. The molecule has 1 aliphatic heterocycles. The van der Waals surface area contributed by atoms with E-state index >= 15 is 0 Å². The Morgan fingerprint density at radius 1 is 0.962 bits per heavy atom. The SMILES string of the molecule is CC(C)c1ccc(COc2ccc(B3OC(C)(C)C(C)(C)O3)cn2)cc1. The van der Waals surface area contributed by atoms with Crippen LogP contribution in [0, 0.1) is 0 Å². The van der Waals surface area contributed by atoms with E-state index in [9.17, 15) is 0 Å². The van der Waals surface area contributed by atoms with Gasteiger partial charge in [-0.25, -0.2) is 4.98 Å². The summed E-state index contributed by atoms with van der Waals surface area (Å²) in [6.07, 6.45) is 1.76. The number of benzene rings is 1. The van der Waals surface area contributed by atoms with Crippen LogP contribution >= 0.6 is 0 Å². The maximum absolute atomic E-state index is 6.05. The number of pyridine rings is 1. The van der Waals surface area contributed by atoms with Gasteiger partial charge in [-0.15, -0.1) is 0 Å². The lowest BCUT2D eigenvalue weighted by molar-refractivity contribution is 0.00578. The molecular formula is C21H28BNO3. The number of hydrogen-bond donors (Lipinski definition) is 0. The van der Waals surface area contributed by atoms with Crippen LogP contribution in [0.25, 0.3) is 0 Å². The van der Waals surface area contributed by atoms with Gasteiger partial charge in [0.15, 0.2) is 0 Å². The predicted octanol–water partition coefficient (Wildman–Crippen LogP) is 4.08. The third-order valence-corrected chi connectivity index (χ3v) is 5.32. The van der Waals surface area contributed by atoms with E-state index in [4.69, 9.17) is 14.0 Å². The fourth-order valence-electron chi connectivity index (χ4n) is 2.75. The van der Waals surface area contributed by atoms with Crippen LogP contribution in [0.4, 0.5) is 0 Å². The van der Waals surface area contributed by atoms with Gasteiger partial charge in [-0.2, -0.15) is 0 Å². The fourth-order valence-corrected chi connectivity index (χ4v) is 2.75. The maximum atomic E-state index is 6.05. The van der Waals surface area contributed by atoms with Gasteiger partial charge in [-0.1, -0.05) is 44.2 Å². The zero-order chi connectivity index (χ0) is 18.9. The van der Waals surface area contributed by atoms with E-state index in [0.717, 1.165) is 11.0 Å². The van der Waals surface area contributed by atoms with Crippen molar-refractivity contribution in [1.82, 2.24) is 4.98 Å². The van der Waals surface area contributed by atoms with Crippen LogP contribution in [-0.4, -0.2) is 23.3 Å². The zero-order valence-corrected chi connectivity index (χ0v) is 16.6. The highest BCUT2D eigenvalue weighted by atomic mass is 16.7. The molecule has 1 saturated heterocycles. The molecule has 2 aromatic rings. The second-order valence-corrected chi connectivity index (χ2v) is 8.20. The van der Waals surface area contributed by atoms with Crippen molar-refractivity contribution >= 4 is 12.6 Å². The number of hydrogen-bond acceptors (Lipinski definition) is 4. The maximum Gasteiger partial charge on any atom is 0.496 e. The molecule has 26 heavy (non-hydrogen) atoms. The molecule has 0 saturated carbocycles. The quantitative estimate of drug-likeness (QED) is 0.760. The van der Waals surface area contributed by atoms with Crippen LogP contribution < -0.4 is 10.2 Å². The molecule has 0 spiro atoms. The van der Waals surface area contributed by atoms with Crippen LogP contribution in [0.5, 0.6) is 5.88 Å². The van der Waals surface area contributed by atoms with Crippen molar-refractivity contribution in [2.75, 3.05) is 0 Å². The first-order valence-electron chi connectivity index (χ1n) is 9.21. The van der Waals surface area contributed by atoms with E-state index in [1.165, 1.54) is 5.56 Å². The molecule has 138 valence electrons. The lowest BCUT2D eigenvalue weighted by Gasteiger charge is -2.32. The zero-order valence-electron chi connectivity index (χ0n) is 16.6. The number of aromatic nitrogens is 1. The van der Waals surface area contributed by atoms with Crippen molar-refractivity contribution in [2.24, 2.45) is 0 Å². The van der Waals surface area contributed by atoms with E-state index in [2.05, 4.69) is 43.1 Å². The minimum atomic E-state index is -0.398. The monoisotopic (exact) mass is 353 g/mol. The van der Waals surface area contributed by atoms with Gasteiger partial charge in [-0.3, -0.25) is 0 Å². The molecule has 0 N–H and O–H groups in total. The summed E-state index contributed by atoms with van der Waals surface area (Å²) in [7, 11) is -0.398. The standard InChI is InChI=1S/C21H28BNO3/c1-15(2)17-9-7-16(8-10-17)14-24-19-12-11-18(13-23-19)22-25-20(3,4)21(5,6)26-22/h7-13,15H,14H2,1-6H3. The molecule has 0 atom stereocenters. The Morgan fingerprint density at radius 3 is 2.08 bits per heavy atom. The average molecular weight is 353 g/mol. The molecule has 1 aromatic carbocycles. The molecule has 0 amide bonds. The van der Waals surface area contributed by atoms with Gasteiger partial charge in [0.05, 0.1) is 11.2 Å². The van der Waals surface area contributed by atoms with Gasteiger partial charge in [0.25, 0.3) is 0 Å². The largest absolute Gasteiger partial charge is 0.496 e. The van der Waals surface area contributed by atoms with Crippen molar-refractivity contribution in [2.45, 2.75) is 65.3 Å². The number of ether oxygens (including phenoxy) is 1. The van der Waals surface area contributed by atoms with Crippen LogP contribution in [0.1, 0.15) is 58.6 Å². The minimum absolute atomic E-state index is 0.352. The average Bonchev–Trinajstić information content (AvgIpc) is 2.81. The topological polar surface area (TPSA) is 40.6 Å². The van der Waals surface area contributed by atoms with Crippen molar-refractivity contribution in [3.63, 3.8) is 0 Å². The normalized spacial score (nSPS) is 18.3. The van der Waals surface area contributed by atoms with Gasteiger partial charge >= 0.3 is 7.12 Å². The van der Waals surface area contributed by atoms with Crippen LogP contribution in [0.15, 0.2) is 42.6 Å². The molecule has 5 heteroatoms. The fraction of sp³-hybridized carbons (Fsp3) is 0.476. The Kier molecular flexibility index (Phi) is 5.13. The highest BCUT2D eigenvalue weighted by Gasteiger charge is 2.51. The Balaban J connectivity index is 1.60. The molecule has 2 heterocycles. The number of nitrogens with zero attached hydrogens (tertiary/aromatic N) is 1. The molecule has 0 unspecified atom stereocenters. The van der Waals surface area contributed by atoms with E-state index in [-0.39, 0.29) is 11.2 Å². The highest BCUT2D eigenvalue weighted by molar-refractivity contribution is 6.62.